The van der Waals surface area contributed by atoms with Crippen molar-refractivity contribution < 1.29 is 4.79 Å². The Labute approximate surface area is 239 Å². The van der Waals surface area contributed by atoms with Crippen molar-refractivity contribution in [2.24, 2.45) is 0 Å². The van der Waals surface area contributed by atoms with Gasteiger partial charge in [-0.2, -0.15) is 4.98 Å². The van der Waals surface area contributed by atoms with Crippen LogP contribution >= 0.6 is 11.6 Å². The number of hydrogen-bond acceptors (Lipinski definition) is 6. The molecule has 0 atom stereocenters. The average molecular weight is 556 g/mol. The minimum atomic E-state index is -0.234. The van der Waals surface area contributed by atoms with Crippen molar-refractivity contribution in [2.75, 3.05) is 11.9 Å². The van der Waals surface area contributed by atoms with Gasteiger partial charge in [0.2, 0.25) is 5.95 Å². The number of Topliss-reactive ketones (excluding diaryl/α,β-unsaturated/α-hetero) is 1. The summed E-state index contributed by atoms with van der Waals surface area (Å²) >= 11 is 5.93. The second-order valence-electron chi connectivity index (χ2n) is 11.1. The Kier molecular flexibility index (Phi) is 7.43. The van der Waals surface area contributed by atoms with Crippen LogP contribution in [-0.2, 0) is 25.4 Å². The highest BCUT2D eigenvalue weighted by Gasteiger charge is 2.26. The molecule has 3 heterocycles. The number of carbonyl (C=O) groups excluding carboxylic acids is 1. The minimum Gasteiger partial charge on any atom is -0.324 e. The second kappa shape index (κ2) is 11.1. The molecule has 0 amide bonds. The summed E-state index contributed by atoms with van der Waals surface area (Å²) in [6, 6.07) is 15.0. The van der Waals surface area contributed by atoms with Crippen LogP contribution in [0.5, 0.6) is 0 Å². The summed E-state index contributed by atoms with van der Waals surface area (Å²) in [4.78, 5) is 37.8. The van der Waals surface area contributed by atoms with E-state index in [2.05, 4.69) is 57.7 Å². The quantitative estimate of drug-likeness (QED) is 0.208. The summed E-state index contributed by atoms with van der Waals surface area (Å²) in [6.45, 7) is 6.09. The zero-order valence-corrected chi connectivity index (χ0v) is 23.8. The zero-order valence-electron chi connectivity index (χ0n) is 23.0. The lowest BCUT2D eigenvalue weighted by Gasteiger charge is -2.29. The van der Waals surface area contributed by atoms with Crippen LogP contribution in [0, 0.1) is 6.92 Å². The SMILES string of the molecule is CC(=O)c1c(C)c2cnc(Nc3ccc4c(c3)CCN(Cc3ccc(CCl)cc3)C4)nc2n(C2CCCC2)c1=O. The summed E-state index contributed by atoms with van der Waals surface area (Å²) in [5.41, 5.74) is 7.29. The third-order valence-electron chi connectivity index (χ3n) is 8.39. The largest absolute Gasteiger partial charge is 0.324 e. The van der Waals surface area contributed by atoms with Gasteiger partial charge in [0.25, 0.3) is 5.56 Å². The van der Waals surface area contributed by atoms with Crippen LogP contribution < -0.4 is 10.9 Å². The number of rotatable bonds is 7. The number of hydrogen-bond donors (Lipinski definition) is 1. The van der Waals surface area contributed by atoms with Crippen LogP contribution in [0.2, 0.25) is 0 Å². The molecule has 4 aromatic rings. The maximum Gasteiger partial charge on any atom is 0.263 e. The van der Waals surface area contributed by atoms with Crippen LogP contribution in [0.3, 0.4) is 0 Å². The monoisotopic (exact) mass is 555 g/mol. The molecule has 2 aromatic heterocycles. The summed E-state index contributed by atoms with van der Waals surface area (Å²) < 4.78 is 1.75. The van der Waals surface area contributed by atoms with Crippen molar-refractivity contribution in [2.45, 2.75) is 71.0 Å². The van der Waals surface area contributed by atoms with E-state index in [4.69, 9.17) is 16.6 Å². The third-order valence-corrected chi connectivity index (χ3v) is 8.70. The first-order valence-corrected chi connectivity index (χ1v) is 14.6. The van der Waals surface area contributed by atoms with E-state index < -0.39 is 0 Å². The fourth-order valence-corrected chi connectivity index (χ4v) is 6.43. The van der Waals surface area contributed by atoms with Crippen LogP contribution in [-0.4, -0.2) is 31.8 Å². The molecular formula is C32H34ClN5O2. The highest BCUT2D eigenvalue weighted by molar-refractivity contribution is 6.17. The van der Waals surface area contributed by atoms with Gasteiger partial charge >= 0.3 is 0 Å². The molecule has 1 saturated carbocycles. The van der Waals surface area contributed by atoms with Gasteiger partial charge in [-0.3, -0.25) is 19.1 Å². The maximum atomic E-state index is 13.5. The van der Waals surface area contributed by atoms with E-state index in [0.717, 1.165) is 68.4 Å². The lowest BCUT2D eigenvalue weighted by molar-refractivity contribution is 0.101. The van der Waals surface area contributed by atoms with E-state index in [0.29, 0.717) is 23.0 Å². The van der Waals surface area contributed by atoms with Crippen LogP contribution in [0.25, 0.3) is 11.0 Å². The molecule has 1 aliphatic heterocycles. The first-order valence-electron chi connectivity index (χ1n) is 14.1. The highest BCUT2D eigenvalue weighted by Crippen LogP contribution is 2.32. The van der Waals surface area contributed by atoms with Gasteiger partial charge in [0, 0.05) is 48.8 Å². The van der Waals surface area contributed by atoms with E-state index in [1.807, 2.05) is 6.92 Å². The van der Waals surface area contributed by atoms with Crippen LogP contribution in [0.15, 0.2) is 53.5 Å². The smallest absolute Gasteiger partial charge is 0.263 e. The molecule has 2 aromatic carbocycles. The number of ketones is 1. The van der Waals surface area contributed by atoms with E-state index in [9.17, 15) is 9.59 Å². The first-order chi connectivity index (χ1) is 19.4. The van der Waals surface area contributed by atoms with Gasteiger partial charge in [0.1, 0.15) is 5.65 Å². The molecule has 1 aliphatic carbocycles. The van der Waals surface area contributed by atoms with Crippen molar-refractivity contribution in [3.8, 4) is 0 Å². The van der Waals surface area contributed by atoms with Gasteiger partial charge in [0.05, 0.1) is 5.56 Å². The number of halogens is 1. The molecule has 0 spiro atoms. The molecule has 40 heavy (non-hydrogen) atoms. The number of benzene rings is 2. The summed E-state index contributed by atoms with van der Waals surface area (Å²) in [5.74, 6) is 0.778. The van der Waals surface area contributed by atoms with Gasteiger partial charge in [0.15, 0.2) is 5.78 Å². The summed E-state index contributed by atoms with van der Waals surface area (Å²) in [6.07, 6.45) is 6.70. The van der Waals surface area contributed by atoms with E-state index in [-0.39, 0.29) is 22.9 Å². The first kappa shape index (κ1) is 26.7. The van der Waals surface area contributed by atoms with Crippen molar-refractivity contribution in [1.82, 2.24) is 19.4 Å². The average Bonchev–Trinajstić information content (AvgIpc) is 3.48. The molecule has 1 fully saturated rings. The third kappa shape index (κ3) is 5.16. The standard InChI is InChI=1S/C32H34ClN5O2/c1-20-28-17-34-32(36-30(28)38(27-5-3-4-6-27)31(40)29(20)21(2)39)35-26-12-11-25-19-37(14-13-24(25)15-26)18-23-9-7-22(16-33)8-10-23/h7-12,15,17,27H,3-6,13-14,16,18-19H2,1-2H3,(H,34,35,36). The number of pyridine rings is 1. The van der Waals surface area contributed by atoms with E-state index >= 15 is 0 Å². The van der Waals surface area contributed by atoms with Crippen molar-refractivity contribution in [3.05, 3.63) is 92.4 Å². The van der Waals surface area contributed by atoms with Gasteiger partial charge in [-0.05, 0) is 73.1 Å². The number of anilines is 2. The fourth-order valence-electron chi connectivity index (χ4n) is 6.25. The van der Waals surface area contributed by atoms with Crippen LogP contribution in [0.1, 0.15) is 76.8 Å². The van der Waals surface area contributed by atoms with E-state index in [1.54, 1.807) is 10.8 Å². The molecule has 0 radical (unpaired) electrons. The predicted octanol–water partition coefficient (Wildman–Crippen LogP) is 6.46. The van der Waals surface area contributed by atoms with Crippen molar-refractivity contribution in [3.63, 3.8) is 0 Å². The Bertz CT molecular complexity index is 1640. The molecule has 2 aliphatic rings. The Hall–Kier alpha value is -3.55. The number of aromatic nitrogens is 3. The predicted molar refractivity (Wildman–Crippen MR) is 160 cm³/mol. The van der Waals surface area contributed by atoms with Gasteiger partial charge in [-0.1, -0.05) is 43.2 Å². The second-order valence-corrected chi connectivity index (χ2v) is 11.4. The molecule has 6 rings (SSSR count). The Morgan fingerprint density at radius 1 is 1.07 bits per heavy atom. The number of carbonyl (C=O) groups is 1. The molecule has 1 N–H and O–H groups in total. The lowest BCUT2D eigenvalue weighted by Crippen LogP contribution is -2.30. The van der Waals surface area contributed by atoms with Gasteiger partial charge < -0.3 is 5.32 Å². The number of nitrogens with one attached hydrogen (secondary N) is 1. The molecule has 0 saturated heterocycles. The molecule has 206 valence electrons. The van der Waals surface area contributed by atoms with E-state index in [1.165, 1.54) is 23.6 Å². The number of fused-ring (bicyclic) bond motifs is 2. The summed E-state index contributed by atoms with van der Waals surface area (Å²) in [7, 11) is 0. The highest BCUT2D eigenvalue weighted by atomic mass is 35.5. The molecular weight excluding hydrogens is 522 g/mol. The lowest BCUT2D eigenvalue weighted by atomic mass is 9.98. The van der Waals surface area contributed by atoms with Crippen molar-refractivity contribution >= 4 is 40.1 Å². The number of aryl methyl sites for hydroxylation is 1. The Balaban J connectivity index is 1.25. The number of alkyl halides is 1. The molecule has 0 bridgehead atoms. The van der Waals surface area contributed by atoms with Crippen molar-refractivity contribution in [1.29, 1.82) is 0 Å². The number of nitrogens with zero attached hydrogens (tertiary/aromatic N) is 4. The van der Waals surface area contributed by atoms with Gasteiger partial charge in [-0.25, -0.2) is 4.98 Å². The van der Waals surface area contributed by atoms with Gasteiger partial charge in [-0.15, -0.1) is 11.6 Å². The summed E-state index contributed by atoms with van der Waals surface area (Å²) in [5, 5.41) is 4.13. The molecule has 0 unspecified atom stereocenters. The minimum absolute atomic E-state index is 0.0569. The topological polar surface area (TPSA) is 80.1 Å². The maximum absolute atomic E-state index is 13.5. The Morgan fingerprint density at radius 2 is 1.82 bits per heavy atom. The van der Waals surface area contributed by atoms with Crippen LogP contribution in [0.4, 0.5) is 11.6 Å². The Morgan fingerprint density at radius 3 is 2.55 bits per heavy atom. The normalized spacial score (nSPS) is 15.9. The zero-order chi connectivity index (χ0) is 27.8. The molecule has 7 nitrogen and oxygen atoms in total. The fraction of sp³-hybridized carbons (Fsp3) is 0.375. The molecule has 8 heteroatoms.